The van der Waals surface area contributed by atoms with E-state index in [4.69, 9.17) is 23.2 Å². The van der Waals surface area contributed by atoms with Gasteiger partial charge in [0.2, 0.25) is 0 Å². The number of ketones is 1. The molecule has 2 aliphatic rings. The molecule has 6 rings (SSSR count). The van der Waals surface area contributed by atoms with Crippen molar-refractivity contribution in [3.05, 3.63) is 141 Å². The molecule has 274 valence electrons. The standard InChI is InChI=1S/C42H39Cl2F2N3O4/c1-41(2,3)23-33-42(24-47,30-20-17-27(43)22-32(30)45)35(29-12-9-13-31(44)36(29)46)37-40(53)48(34(49(33)37)14-7-8-21-50)28-18-15-26(16-19-28)39(52)38(51)25-10-5-4-6-11-25/h4-6,9-13,15-20,22,33-34,38,50-51H,7-8,14,21,23H2,1-3H3/t33-,34+,38?,42-/m0/s1. The first-order valence-corrected chi connectivity index (χ1v) is 18.2. The van der Waals surface area contributed by atoms with Gasteiger partial charge in [-0.25, -0.2) is 8.78 Å². The number of aliphatic hydroxyl groups is 2. The van der Waals surface area contributed by atoms with Gasteiger partial charge in [0.25, 0.3) is 5.91 Å². The molecule has 53 heavy (non-hydrogen) atoms. The summed E-state index contributed by atoms with van der Waals surface area (Å²) in [6.07, 6.45) is -0.633. The van der Waals surface area contributed by atoms with Gasteiger partial charge >= 0.3 is 0 Å². The van der Waals surface area contributed by atoms with E-state index in [-0.39, 0.29) is 51.0 Å². The first kappa shape index (κ1) is 38.1. The van der Waals surface area contributed by atoms with Gasteiger partial charge in [-0.2, -0.15) is 5.26 Å². The van der Waals surface area contributed by atoms with Crippen LogP contribution in [0.5, 0.6) is 0 Å². The van der Waals surface area contributed by atoms with Crippen LogP contribution >= 0.6 is 23.2 Å². The molecule has 4 aromatic rings. The summed E-state index contributed by atoms with van der Waals surface area (Å²) in [7, 11) is 0. The van der Waals surface area contributed by atoms with Crippen LogP contribution in [0.2, 0.25) is 10.0 Å². The van der Waals surface area contributed by atoms with Gasteiger partial charge in [-0.05, 0) is 79.1 Å². The van der Waals surface area contributed by atoms with E-state index in [9.17, 15) is 20.3 Å². The minimum absolute atomic E-state index is 0.00656. The second-order valence-electron chi connectivity index (χ2n) is 14.7. The SMILES string of the molecule is CC(C)(C)C[C@@H]1N2C(=C(c3cccc(Cl)c3F)[C@@]1(C#N)c1ccc(Cl)cc1F)C(=O)N(c1ccc(C(=O)C(O)c3ccccc3)cc1)[C@H]2CCCCO. The van der Waals surface area contributed by atoms with Crippen molar-refractivity contribution in [3.63, 3.8) is 0 Å². The number of hydrogen-bond donors (Lipinski definition) is 2. The summed E-state index contributed by atoms with van der Waals surface area (Å²) in [5.74, 6) is -2.71. The Bertz CT molecular complexity index is 2110. The molecule has 0 bridgehead atoms. The fourth-order valence-corrected chi connectivity index (χ4v) is 8.04. The Labute approximate surface area is 317 Å². The lowest BCUT2D eigenvalue weighted by Crippen LogP contribution is -2.52. The number of nitrogens with zero attached hydrogens (tertiary/aromatic N) is 3. The average Bonchev–Trinajstić information content (AvgIpc) is 3.57. The quantitative estimate of drug-likeness (QED) is 0.117. The molecule has 0 spiro atoms. The van der Waals surface area contributed by atoms with Crippen LogP contribution in [0.1, 0.15) is 79.6 Å². The van der Waals surface area contributed by atoms with E-state index in [0.717, 1.165) is 6.07 Å². The van der Waals surface area contributed by atoms with Gasteiger partial charge in [0.05, 0.1) is 17.1 Å². The third-order valence-corrected chi connectivity index (χ3v) is 10.5. The zero-order chi connectivity index (χ0) is 38.2. The van der Waals surface area contributed by atoms with E-state index < -0.39 is 52.5 Å². The van der Waals surface area contributed by atoms with Crippen LogP contribution in [-0.4, -0.2) is 45.6 Å². The summed E-state index contributed by atoms with van der Waals surface area (Å²) in [5.41, 5.74) is -1.43. The molecular formula is C42H39Cl2F2N3O4. The Hall–Kier alpha value is -4.59. The first-order valence-electron chi connectivity index (χ1n) is 17.4. The van der Waals surface area contributed by atoms with E-state index in [1.165, 1.54) is 42.5 Å². The van der Waals surface area contributed by atoms with Crippen molar-refractivity contribution in [1.29, 1.82) is 5.26 Å². The number of nitriles is 1. The largest absolute Gasteiger partial charge is 0.396 e. The predicted molar refractivity (Wildman–Crippen MR) is 201 cm³/mol. The van der Waals surface area contributed by atoms with Gasteiger partial charge in [0.1, 0.15) is 35.0 Å². The molecular weight excluding hydrogens is 719 g/mol. The zero-order valence-electron chi connectivity index (χ0n) is 29.5. The number of unbranched alkanes of at least 4 members (excludes halogenated alkanes) is 1. The smallest absolute Gasteiger partial charge is 0.276 e. The average molecular weight is 759 g/mol. The molecule has 7 nitrogen and oxygen atoms in total. The monoisotopic (exact) mass is 757 g/mol. The minimum atomic E-state index is -1.90. The maximum atomic E-state index is 16.3. The van der Waals surface area contributed by atoms with Crippen molar-refractivity contribution in [2.24, 2.45) is 5.41 Å². The molecule has 1 amide bonds. The third kappa shape index (κ3) is 6.86. The van der Waals surface area contributed by atoms with E-state index in [1.54, 1.807) is 47.4 Å². The number of fused-ring (bicyclic) bond motifs is 1. The number of aliphatic hydroxyl groups excluding tert-OH is 2. The zero-order valence-corrected chi connectivity index (χ0v) is 31.0. The Morgan fingerprint density at radius 1 is 0.981 bits per heavy atom. The number of benzene rings is 4. The highest BCUT2D eigenvalue weighted by atomic mass is 35.5. The topological polar surface area (TPSA) is 105 Å². The summed E-state index contributed by atoms with van der Waals surface area (Å²) in [4.78, 5) is 31.8. The number of amides is 1. The molecule has 1 unspecified atom stereocenters. The molecule has 2 aliphatic heterocycles. The van der Waals surface area contributed by atoms with Crippen molar-refractivity contribution in [1.82, 2.24) is 4.90 Å². The Kier molecular flexibility index (Phi) is 10.8. The Morgan fingerprint density at radius 3 is 2.30 bits per heavy atom. The normalized spacial score (nSPS) is 20.5. The second-order valence-corrected chi connectivity index (χ2v) is 15.5. The first-order chi connectivity index (χ1) is 25.2. The van der Waals surface area contributed by atoms with Crippen LogP contribution in [0.15, 0.2) is 96.7 Å². The molecule has 0 radical (unpaired) electrons. The van der Waals surface area contributed by atoms with Crippen molar-refractivity contribution >= 4 is 46.2 Å². The highest BCUT2D eigenvalue weighted by Gasteiger charge is 2.63. The summed E-state index contributed by atoms with van der Waals surface area (Å²) in [6, 6.07) is 24.7. The number of hydrogen-bond acceptors (Lipinski definition) is 6. The van der Waals surface area contributed by atoms with Crippen molar-refractivity contribution in [3.8, 4) is 6.07 Å². The number of carbonyl (C=O) groups excluding carboxylic acids is 2. The summed E-state index contributed by atoms with van der Waals surface area (Å²) in [6.45, 7) is 5.83. The molecule has 1 saturated heterocycles. The molecule has 11 heteroatoms. The molecule has 0 aliphatic carbocycles. The Morgan fingerprint density at radius 2 is 1.68 bits per heavy atom. The lowest BCUT2D eigenvalue weighted by molar-refractivity contribution is -0.114. The maximum Gasteiger partial charge on any atom is 0.276 e. The van der Waals surface area contributed by atoms with Crippen LogP contribution < -0.4 is 4.90 Å². The van der Waals surface area contributed by atoms with Crippen LogP contribution in [0.4, 0.5) is 14.5 Å². The lowest BCUT2D eigenvalue weighted by atomic mass is 9.65. The lowest BCUT2D eigenvalue weighted by Gasteiger charge is -2.43. The van der Waals surface area contributed by atoms with Crippen molar-refractivity contribution in [2.75, 3.05) is 11.5 Å². The van der Waals surface area contributed by atoms with Crippen molar-refractivity contribution < 1.29 is 28.6 Å². The number of carbonyl (C=O) groups is 2. The van der Waals surface area contributed by atoms with E-state index in [2.05, 4.69) is 6.07 Å². The molecule has 2 N–H and O–H groups in total. The van der Waals surface area contributed by atoms with Gasteiger partial charge < -0.3 is 15.1 Å². The molecule has 0 saturated carbocycles. The van der Waals surface area contributed by atoms with Crippen LogP contribution in [0.3, 0.4) is 0 Å². The van der Waals surface area contributed by atoms with E-state index in [0.29, 0.717) is 30.5 Å². The maximum absolute atomic E-state index is 16.3. The van der Waals surface area contributed by atoms with Gasteiger partial charge in [-0.15, -0.1) is 0 Å². The fraction of sp³-hybridized carbons (Fsp3) is 0.310. The highest BCUT2D eigenvalue weighted by Crippen LogP contribution is 2.58. The summed E-state index contributed by atoms with van der Waals surface area (Å²) >= 11 is 12.5. The van der Waals surface area contributed by atoms with Crippen LogP contribution in [-0.2, 0) is 10.2 Å². The summed E-state index contributed by atoms with van der Waals surface area (Å²) in [5, 5.41) is 31.8. The van der Waals surface area contributed by atoms with Crippen LogP contribution in [0.25, 0.3) is 5.57 Å². The van der Waals surface area contributed by atoms with Gasteiger partial charge in [0.15, 0.2) is 5.78 Å². The van der Waals surface area contributed by atoms with E-state index >= 15 is 13.6 Å². The number of Topliss-reactive ketones (excluding diaryl/α,β-unsaturated/α-hetero) is 1. The van der Waals surface area contributed by atoms with Crippen molar-refractivity contribution in [2.45, 2.75) is 70.2 Å². The second kappa shape index (κ2) is 15.0. The Balaban J connectivity index is 1.59. The fourth-order valence-electron chi connectivity index (χ4n) is 7.70. The highest BCUT2D eigenvalue weighted by molar-refractivity contribution is 6.31. The van der Waals surface area contributed by atoms with E-state index in [1.807, 2.05) is 25.7 Å². The van der Waals surface area contributed by atoms with Gasteiger partial charge in [0, 0.05) is 39.6 Å². The molecule has 1 fully saturated rings. The molecule has 4 atom stereocenters. The number of rotatable bonds is 11. The van der Waals surface area contributed by atoms with Gasteiger partial charge in [-0.3, -0.25) is 14.5 Å². The predicted octanol–water partition coefficient (Wildman–Crippen LogP) is 9.02. The molecule has 4 aromatic carbocycles. The number of anilines is 1. The third-order valence-electron chi connectivity index (χ3n) is 9.99. The number of halogens is 4. The molecule has 0 aromatic heterocycles. The minimum Gasteiger partial charge on any atom is -0.396 e. The van der Waals surface area contributed by atoms with Gasteiger partial charge in [-0.1, -0.05) is 92.5 Å². The van der Waals surface area contributed by atoms with Crippen LogP contribution in [0, 0.1) is 28.4 Å². The molecule has 2 heterocycles. The summed E-state index contributed by atoms with van der Waals surface area (Å²) < 4.78 is 32.6.